The lowest BCUT2D eigenvalue weighted by atomic mass is 9.97. The van der Waals surface area contributed by atoms with Gasteiger partial charge in [-0.3, -0.25) is 9.59 Å². The molecule has 0 spiro atoms. The fourth-order valence-electron chi connectivity index (χ4n) is 4.45. The number of aryl methyl sites for hydroxylation is 2. The van der Waals surface area contributed by atoms with Gasteiger partial charge in [0.25, 0.3) is 11.5 Å². The van der Waals surface area contributed by atoms with Gasteiger partial charge >= 0.3 is 0 Å². The van der Waals surface area contributed by atoms with Gasteiger partial charge in [0.15, 0.2) is 0 Å². The van der Waals surface area contributed by atoms with Gasteiger partial charge in [-0.2, -0.15) is 5.10 Å². The zero-order chi connectivity index (χ0) is 20.5. The summed E-state index contributed by atoms with van der Waals surface area (Å²) in [4.78, 5) is 25.4. The number of aromatic nitrogens is 3. The molecule has 1 saturated heterocycles. The van der Waals surface area contributed by atoms with Crippen LogP contribution < -0.4 is 10.9 Å². The van der Waals surface area contributed by atoms with Gasteiger partial charge < -0.3 is 14.6 Å². The topological polar surface area (TPSA) is 77.6 Å². The molecule has 30 heavy (non-hydrogen) atoms. The molecule has 1 aliphatic carbocycles. The summed E-state index contributed by atoms with van der Waals surface area (Å²) in [5.74, 6) is -0.0958. The summed E-state index contributed by atoms with van der Waals surface area (Å²) in [6.45, 7) is 1.79. The molecule has 2 aliphatic rings. The monoisotopic (exact) mass is 406 g/mol. The number of nitrogens with zero attached hydrogens (tertiary/aromatic N) is 3. The molecule has 3 heterocycles. The Morgan fingerprint density at radius 3 is 2.77 bits per heavy atom. The molecule has 0 radical (unpaired) electrons. The second kappa shape index (κ2) is 8.07. The highest BCUT2D eigenvalue weighted by Crippen LogP contribution is 2.22. The third-order valence-corrected chi connectivity index (χ3v) is 6.12. The molecule has 1 amide bonds. The van der Waals surface area contributed by atoms with E-state index in [1.807, 2.05) is 30.5 Å². The van der Waals surface area contributed by atoms with Gasteiger partial charge in [-0.15, -0.1) is 0 Å². The summed E-state index contributed by atoms with van der Waals surface area (Å²) in [5.41, 5.74) is 4.46. The van der Waals surface area contributed by atoms with Crippen molar-refractivity contribution in [2.75, 3.05) is 13.2 Å². The van der Waals surface area contributed by atoms with Crippen LogP contribution in [0, 0.1) is 0 Å². The maximum Gasteiger partial charge on any atom is 0.277 e. The second-order valence-electron chi connectivity index (χ2n) is 8.20. The predicted octanol–water partition coefficient (Wildman–Crippen LogP) is 2.33. The number of carbonyl (C=O) groups is 1. The van der Waals surface area contributed by atoms with Crippen LogP contribution in [0.2, 0.25) is 0 Å². The molecule has 3 aromatic rings. The molecule has 1 aliphatic heterocycles. The number of carbonyl (C=O) groups excluding carboxylic acids is 1. The molecule has 2 aromatic heterocycles. The van der Waals surface area contributed by atoms with Gasteiger partial charge in [-0.05, 0) is 56.2 Å². The Hall–Kier alpha value is -2.93. The first-order chi connectivity index (χ1) is 14.7. The lowest BCUT2D eigenvalue weighted by Crippen LogP contribution is -2.31. The molecule has 1 N–H and O–H groups in total. The van der Waals surface area contributed by atoms with Crippen LogP contribution in [-0.4, -0.2) is 39.3 Å². The third-order valence-electron chi connectivity index (χ3n) is 6.12. The normalized spacial score (nSPS) is 18.5. The molecule has 0 saturated carbocycles. The van der Waals surface area contributed by atoms with Gasteiger partial charge in [0.1, 0.15) is 5.52 Å². The number of benzene rings is 1. The van der Waals surface area contributed by atoms with Crippen LogP contribution in [0.25, 0.3) is 5.52 Å². The van der Waals surface area contributed by atoms with Crippen LogP contribution in [0.1, 0.15) is 52.9 Å². The van der Waals surface area contributed by atoms with Crippen molar-refractivity contribution < 1.29 is 9.53 Å². The first-order valence-corrected chi connectivity index (χ1v) is 10.8. The average Bonchev–Trinajstić information content (AvgIpc) is 3.42. The van der Waals surface area contributed by atoms with Crippen molar-refractivity contribution in [2.24, 2.45) is 0 Å². The summed E-state index contributed by atoms with van der Waals surface area (Å²) in [6.07, 6.45) is 9.96. The first kappa shape index (κ1) is 19.1. The molecule has 7 nitrogen and oxygen atoms in total. The molecule has 156 valence electrons. The standard InChI is InChI=1S/C23H26N4O3/c28-22(24-14-18-4-3-13-30-18)17-9-7-16(8-10-17)15-26-11-12-27-21(23(26)29)19-5-1-2-6-20(19)25-27/h7-12,18H,1-6,13-15H2,(H,24,28)/t18-/m0/s1. The van der Waals surface area contributed by atoms with Crippen LogP contribution in [0.5, 0.6) is 0 Å². The van der Waals surface area contributed by atoms with Crippen LogP contribution in [-0.2, 0) is 24.1 Å². The van der Waals surface area contributed by atoms with E-state index in [0.29, 0.717) is 24.2 Å². The SMILES string of the molecule is O=C(NC[C@@H]1CCCO1)c1ccc(Cn2ccn3nc4c(c3c2=O)CCCC4)cc1. The van der Waals surface area contributed by atoms with Crippen LogP contribution in [0.4, 0.5) is 0 Å². The molecule has 0 unspecified atom stereocenters. The summed E-state index contributed by atoms with van der Waals surface area (Å²) >= 11 is 0. The molecule has 1 aromatic carbocycles. The van der Waals surface area contributed by atoms with Crippen molar-refractivity contribution in [3.8, 4) is 0 Å². The number of amides is 1. The molecule has 5 rings (SSSR count). The highest BCUT2D eigenvalue weighted by atomic mass is 16.5. The molecule has 7 heteroatoms. The van der Waals surface area contributed by atoms with Gasteiger partial charge in [-0.1, -0.05) is 12.1 Å². The van der Waals surface area contributed by atoms with Crippen molar-refractivity contribution in [2.45, 2.75) is 51.2 Å². The minimum Gasteiger partial charge on any atom is -0.376 e. The first-order valence-electron chi connectivity index (χ1n) is 10.8. The number of fused-ring (bicyclic) bond motifs is 3. The lowest BCUT2D eigenvalue weighted by molar-refractivity contribution is 0.0858. The quantitative estimate of drug-likeness (QED) is 0.706. The zero-order valence-electron chi connectivity index (χ0n) is 17.0. The van der Waals surface area contributed by atoms with E-state index in [1.165, 1.54) is 0 Å². The number of hydrogen-bond acceptors (Lipinski definition) is 4. The van der Waals surface area contributed by atoms with Crippen LogP contribution >= 0.6 is 0 Å². The average molecular weight is 406 g/mol. The molecular weight excluding hydrogens is 380 g/mol. The molecular formula is C23H26N4O3. The Morgan fingerprint density at radius 2 is 1.97 bits per heavy atom. The van der Waals surface area contributed by atoms with Crippen molar-refractivity contribution in [3.63, 3.8) is 0 Å². The van der Waals surface area contributed by atoms with Gasteiger partial charge in [0, 0.05) is 36.7 Å². The van der Waals surface area contributed by atoms with E-state index >= 15 is 0 Å². The second-order valence-corrected chi connectivity index (χ2v) is 8.20. The van der Waals surface area contributed by atoms with E-state index in [2.05, 4.69) is 10.4 Å². The minimum atomic E-state index is -0.0958. The maximum absolute atomic E-state index is 13.1. The van der Waals surface area contributed by atoms with E-state index in [4.69, 9.17) is 4.74 Å². The van der Waals surface area contributed by atoms with E-state index in [0.717, 1.165) is 62.0 Å². The fraction of sp³-hybridized carbons (Fsp3) is 0.435. The fourth-order valence-corrected chi connectivity index (χ4v) is 4.45. The lowest BCUT2D eigenvalue weighted by Gasteiger charge is -2.11. The summed E-state index contributed by atoms with van der Waals surface area (Å²) in [5, 5.41) is 7.53. The number of nitrogens with one attached hydrogen (secondary N) is 1. The van der Waals surface area contributed by atoms with Crippen molar-refractivity contribution in [1.29, 1.82) is 0 Å². The van der Waals surface area contributed by atoms with Gasteiger partial charge in [0.2, 0.25) is 0 Å². The van der Waals surface area contributed by atoms with E-state index < -0.39 is 0 Å². The zero-order valence-corrected chi connectivity index (χ0v) is 17.0. The number of hydrogen-bond donors (Lipinski definition) is 1. The van der Waals surface area contributed by atoms with Crippen molar-refractivity contribution in [3.05, 3.63) is 69.4 Å². The Morgan fingerprint density at radius 1 is 1.13 bits per heavy atom. The van der Waals surface area contributed by atoms with Crippen molar-refractivity contribution >= 4 is 11.4 Å². The Bertz CT molecular complexity index is 1120. The highest BCUT2D eigenvalue weighted by molar-refractivity contribution is 5.94. The van der Waals surface area contributed by atoms with E-state index in [1.54, 1.807) is 15.3 Å². The highest BCUT2D eigenvalue weighted by Gasteiger charge is 2.20. The van der Waals surface area contributed by atoms with Crippen molar-refractivity contribution in [1.82, 2.24) is 19.5 Å². The number of ether oxygens (including phenoxy) is 1. The summed E-state index contributed by atoms with van der Waals surface area (Å²) in [7, 11) is 0. The largest absolute Gasteiger partial charge is 0.376 e. The van der Waals surface area contributed by atoms with E-state index in [9.17, 15) is 9.59 Å². The summed E-state index contributed by atoms with van der Waals surface area (Å²) in [6, 6.07) is 7.43. The smallest absolute Gasteiger partial charge is 0.277 e. The third kappa shape index (κ3) is 3.65. The van der Waals surface area contributed by atoms with Gasteiger partial charge in [-0.25, -0.2) is 4.52 Å². The summed E-state index contributed by atoms with van der Waals surface area (Å²) < 4.78 is 9.00. The maximum atomic E-state index is 13.1. The van der Waals surface area contributed by atoms with E-state index in [-0.39, 0.29) is 17.6 Å². The Balaban J connectivity index is 1.31. The van der Waals surface area contributed by atoms with Crippen LogP contribution in [0.3, 0.4) is 0 Å². The predicted molar refractivity (Wildman–Crippen MR) is 113 cm³/mol. The minimum absolute atomic E-state index is 0.00784. The molecule has 0 bridgehead atoms. The Kier molecular flexibility index (Phi) is 5.12. The van der Waals surface area contributed by atoms with Gasteiger partial charge in [0.05, 0.1) is 18.3 Å². The molecule has 1 atom stereocenters. The Labute approximate surface area is 174 Å². The molecule has 1 fully saturated rings. The van der Waals surface area contributed by atoms with Crippen LogP contribution in [0.15, 0.2) is 41.5 Å². The number of rotatable bonds is 5.